The van der Waals surface area contributed by atoms with E-state index in [-0.39, 0.29) is 0 Å². The minimum absolute atomic E-state index is 0.431. The van der Waals surface area contributed by atoms with Gasteiger partial charge in [-0.15, -0.1) is 0 Å². The first-order valence-electron chi connectivity index (χ1n) is 5.76. The monoisotopic (exact) mass is 242 g/mol. The number of pyridine rings is 1. The molecular weight excluding hydrogens is 228 g/mol. The first-order chi connectivity index (χ1) is 8.79. The number of carbonyl (C=O) groups excluding carboxylic acids is 1. The Labute approximate surface area is 106 Å². The molecule has 0 unspecified atom stereocenters. The third-order valence-corrected chi connectivity index (χ3v) is 2.34. The summed E-state index contributed by atoms with van der Waals surface area (Å²) in [5, 5.41) is 2.55. The van der Waals surface area contributed by atoms with Crippen LogP contribution in [-0.2, 0) is 0 Å². The topological polar surface area (TPSA) is 51.2 Å². The zero-order valence-corrected chi connectivity index (χ0v) is 10.1. The molecule has 1 amide bonds. The van der Waals surface area contributed by atoms with Crippen LogP contribution in [0.3, 0.4) is 0 Å². The maximum Gasteiger partial charge on any atom is 0.412 e. The van der Waals surface area contributed by atoms with Crippen molar-refractivity contribution in [1.29, 1.82) is 0 Å². The fourth-order valence-electron chi connectivity index (χ4n) is 1.51. The molecule has 92 valence electrons. The Bertz CT molecular complexity index is 509. The van der Waals surface area contributed by atoms with Gasteiger partial charge in [-0.1, -0.05) is 30.3 Å². The quantitative estimate of drug-likeness (QED) is 0.900. The van der Waals surface area contributed by atoms with Crippen LogP contribution in [0.15, 0.2) is 48.7 Å². The molecule has 0 radical (unpaired) electrons. The average molecular weight is 242 g/mol. The summed E-state index contributed by atoms with van der Waals surface area (Å²) in [6.07, 6.45) is 1.07. The molecule has 0 aliphatic heterocycles. The number of hydrogen-bond donors (Lipinski definition) is 1. The van der Waals surface area contributed by atoms with Gasteiger partial charge in [0.25, 0.3) is 0 Å². The molecule has 0 fully saturated rings. The number of nitrogens with zero attached hydrogens (tertiary/aromatic N) is 1. The fourth-order valence-corrected chi connectivity index (χ4v) is 1.51. The number of benzene rings is 1. The van der Waals surface area contributed by atoms with Crippen molar-refractivity contribution < 1.29 is 9.53 Å². The molecule has 0 aliphatic carbocycles. The third kappa shape index (κ3) is 3.07. The lowest BCUT2D eigenvalue weighted by Gasteiger charge is -2.05. The Morgan fingerprint density at radius 1 is 1.22 bits per heavy atom. The number of hydrogen-bond acceptors (Lipinski definition) is 3. The summed E-state index contributed by atoms with van der Waals surface area (Å²) in [5.74, 6) is 0.431. The van der Waals surface area contributed by atoms with Crippen molar-refractivity contribution in [3.8, 4) is 17.0 Å². The minimum Gasteiger partial charge on any atom is -0.409 e. The van der Waals surface area contributed by atoms with Crippen LogP contribution in [0, 0.1) is 0 Å². The molecule has 1 heterocycles. The third-order valence-electron chi connectivity index (χ3n) is 2.34. The van der Waals surface area contributed by atoms with Gasteiger partial charge in [-0.2, -0.15) is 0 Å². The summed E-state index contributed by atoms with van der Waals surface area (Å²) in [7, 11) is 0. The molecular formula is C14H14N2O2. The predicted octanol–water partition coefficient (Wildman–Crippen LogP) is 2.86. The van der Waals surface area contributed by atoms with Gasteiger partial charge in [-0.25, -0.2) is 4.79 Å². The fraction of sp³-hybridized carbons (Fsp3) is 0.143. The highest BCUT2D eigenvalue weighted by Crippen LogP contribution is 2.18. The van der Waals surface area contributed by atoms with Gasteiger partial charge in [0, 0.05) is 12.1 Å². The molecule has 0 atom stereocenters. The Morgan fingerprint density at radius 3 is 2.61 bits per heavy atom. The van der Waals surface area contributed by atoms with Gasteiger partial charge in [0.15, 0.2) is 5.75 Å². The van der Waals surface area contributed by atoms with Gasteiger partial charge in [0.2, 0.25) is 0 Å². The average Bonchev–Trinajstić information content (AvgIpc) is 2.41. The van der Waals surface area contributed by atoms with E-state index < -0.39 is 6.09 Å². The number of aromatic nitrogens is 1. The van der Waals surface area contributed by atoms with Crippen LogP contribution in [0.2, 0.25) is 0 Å². The first-order valence-corrected chi connectivity index (χ1v) is 5.76. The lowest BCUT2D eigenvalue weighted by Crippen LogP contribution is -2.26. The van der Waals surface area contributed by atoms with Gasteiger partial charge >= 0.3 is 6.09 Å². The van der Waals surface area contributed by atoms with Crippen LogP contribution in [-0.4, -0.2) is 17.6 Å². The molecule has 2 aromatic rings. The highest BCUT2D eigenvalue weighted by Gasteiger charge is 2.03. The molecule has 0 saturated heterocycles. The number of nitrogens with one attached hydrogen (secondary N) is 1. The van der Waals surface area contributed by atoms with Crippen molar-refractivity contribution in [1.82, 2.24) is 10.3 Å². The summed E-state index contributed by atoms with van der Waals surface area (Å²) in [6, 6.07) is 13.4. The van der Waals surface area contributed by atoms with E-state index in [0.29, 0.717) is 12.3 Å². The molecule has 4 nitrogen and oxygen atoms in total. The lowest BCUT2D eigenvalue weighted by atomic mass is 10.1. The largest absolute Gasteiger partial charge is 0.412 e. The molecule has 0 bridgehead atoms. The van der Waals surface area contributed by atoms with Gasteiger partial charge in [0.1, 0.15) is 0 Å². The molecule has 1 aromatic carbocycles. The van der Waals surface area contributed by atoms with E-state index in [1.165, 1.54) is 6.20 Å². The van der Waals surface area contributed by atoms with Gasteiger partial charge in [-0.05, 0) is 19.1 Å². The van der Waals surface area contributed by atoms with Crippen molar-refractivity contribution in [2.75, 3.05) is 6.54 Å². The van der Waals surface area contributed by atoms with E-state index in [0.717, 1.165) is 11.3 Å². The van der Waals surface area contributed by atoms with Crippen LogP contribution in [0.5, 0.6) is 5.75 Å². The van der Waals surface area contributed by atoms with Crippen molar-refractivity contribution in [3.05, 3.63) is 48.7 Å². The molecule has 0 aliphatic rings. The predicted molar refractivity (Wildman–Crippen MR) is 69.4 cm³/mol. The lowest BCUT2D eigenvalue weighted by molar-refractivity contribution is 0.201. The standard InChI is InChI=1S/C14H14N2O2/c1-2-15-14(17)18-12-8-9-13(16-10-12)11-6-4-3-5-7-11/h3-10H,2H2,1H3,(H,15,17). The molecule has 0 saturated carbocycles. The Balaban J connectivity index is 2.09. The molecule has 18 heavy (non-hydrogen) atoms. The number of ether oxygens (including phenoxy) is 1. The molecule has 2 rings (SSSR count). The zero-order valence-electron chi connectivity index (χ0n) is 10.1. The Hall–Kier alpha value is -2.36. The maximum absolute atomic E-state index is 11.2. The van der Waals surface area contributed by atoms with Crippen LogP contribution in [0.1, 0.15) is 6.92 Å². The van der Waals surface area contributed by atoms with Gasteiger partial charge < -0.3 is 10.1 Å². The summed E-state index contributed by atoms with van der Waals surface area (Å²) in [6.45, 7) is 2.37. The van der Waals surface area contributed by atoms with E-state index in [1.807, 2.05) is 43.3 Å². The van der Waals surface area contributed by atoms with Crippen molar-refractivity contribution in [3.63, 3.8) is 0 Å². The van der Waals surface area contributed by atoms with Crippen molar-refractivity contribution >= 4 is 6.09 Å². The Morgan fingerprint density at radius 2 is 2.00 bits per heavy atom. The van der Waals surface area contributed by atoms with Gasteiger partial charge in [0.05, 0.1) is 11.9 Å². The summed E-state index contributed by atoms with van der Waals surface area (Å²) in [5.41, 5.74) is 1.88. The minimum atomic E-state index is -0.466. The molecule has 1 N–H and O–H groups in total. The normalized spacial score (nSPS) is 9.83. The zero-order chi connectivity index (χ0) is 12.8. The molecule has 4 heteroatoms. The summed E-state index contributed by atoms with van der Waals surface area (Å²) >= 11 is 0. The smallest absolute Gasteiger partial charge is 0.409 e. The highest BCUT2D eigenvalue weighted by atomic mass is 16.6. The van der Waals surface area contributed by atoms with Crippen LogP contribution in [0.4, 0.5) is 4.79 Å². The van der Waals surface area contributed by atoms with E-state index in [2.05, 4.69) is 10.3 Å². The Kier molecular flexibility index (Phi) is 3.91. The first kappa shape index (κ1) is 12.1. The number of rotatable bonds is 3. The van der Waals surface area contributed by atoms with E-state index in [9.17, 15) is 4.79 Å². The van der Waals surface area contributed by atoms with E-state index >= 15 is 0 Å². The maximum atomic E-state index is 11.2. The number of carbonyl (C=O) groups is 1. The highest BCUT2D eigenvalue weighted by molar-refractivity contribution is 5.70. The second-order valence-electron chi connectivity index (χ2n) is 3.67. The molecule has 0 spiro atoms. The van der Waals surface area contributed by atoms with Gasteiger partial charge in [-0.3, -0.25) is 4.98 Å². The van der Waals surface area contributed by atoms with Crippen LogP contribution in [0.25, 0.3) is 11.3 Å². The van der Waals surface area contributed by atoms with Crippen molar-refractivity contribution in [2.24, 2.45) is 0 Å². The SMILES string of the molecule is CCNC(=O)Oc1ccc(-c2ccccc2)nc1. The van der Waals surface area contributed by atoms with E-state index in [1.54, 1.807) is 6.07 Å². The van der Waals surface area contributed by atoms with Crippen molar-refractivity contribution in [2.45, 2.75) is 6.92 Å². The molecule has 1 aromatic heterocycles. The summed E-state index contributed by atoms with van der Waals surface area (Å²) in [4.78, 5) is 15.5. The van der Waals surface area contributed by atoms with Crippen LogP contribution < -0.4 is 10.1 Å². The summed E-state index contributed by atoms with van der Waals surface area (Å²) < 4.78 is 5.03. The number of amides is 1. The second-order valence-corrected chi connectivity index (χ2v) is 3.67. The second kappa shape index (κ2) is 5.82. The van der Waals surface area contributed by atoms with E-state index in [4.69, 9.17) is 4.74 Å². The van der Waals surface area contributed by atoms with Crippen LogP contribution >= 0.6 is 0 Å².